The van der Waals surface area contributed by atoms with E-state index in [0.717, 1.165) is 5.30 Å². The highest BCUT2D eigenvalue weighted by molar-refractivity contribution is 7.71. The SMILES string of the molecule is COc1cccc2c1P(C)(=O)CO2. The summed E-state index contributed by atoms with van der Waals surface area (Å²) < 4.78 is 22.5. The Morgan fingerprint density at radius 1 is 1.54 bits per heavy atom. The minimum atomic E-state index is -2.33. The van der Waals surface area contributed by atoms with Gasteiger partial charge in [0.1, 0.15) is 17.8 Å². The molecule has 1 aromatic carbocycles. The minimum Gasteiger partial charge on any atom is -0.496 e. The quantitative estimate of drug-likeness (QED) is 0.644. The largest absolute Gasteiger partial charge is 0.496 e. The van der Waals surface area contributed by atoms with E-state index in [4.69, 9.17) is 9.47 Å². The summed E-state index contributed by atoms with van der Waals surface area (Å²) in [5.41, 5.74) is 0. The first-order chi connectivity index (χ1) is 6.15. The second-order valence-electron chi connectivity index (χ2n) is 3.18. The number of methoxy groups -OCH3 is 1. The van der Waals surface area contributed by atoms with Crippen LogP contribution in [-0.4, -0.2) is 20.1 Å². The number of fused-ring (bicyclic) bond motifs is 1. The molecule has 1 aliphatic heterocycles. The number of hydrogen-bond acceptors (Lipinski definition) is 3. The Morgan fingerprint density at radius 2 is 2.31 bits per heavy atom. The summed E-state index contributed by atoms with van der Waals surface area (Å²) >= 11 is 0. The zero-order valence-electron chi connectivity index (χ0n) is 7.61. The van der Waals surface area contributed by atoms with Crippen molar-refractivity contribution in [3.8, 4) is 11.5 Å². The molecule has 0 fully saturated rings. The third kappa shape index (κ3) is 1.24. The van der Waals surface area contributed by atoms with Gasteiger partial charge in [-0.2, -0.15) is 0 Å². The number of benzene rings is 1. The average molecular weight is 198 g/mol. The second-order valence-corrected chi connectivity index (χ2v) is 6.09. The van der Waals surface area contributed by atoms with Gasteiger partial charge in [0.2, 0.25) is 0 Å². The summed E-state index contributed by atoms with van der Waals surface area (Å²) in [5, 5.41) is 0.748. The monoisotopic (exact) mass is 198 g/mol. The topological polar surface area (TPSA) is 35.5 Å². The molecule has 70 valence electrons. The van der Waals surface area contributed by atoms with Gasteiger partial charge in [0, 0.05) is 0 Å². The van der Waals surface area contributed by atoms with Crippen molar-refractivity contribution < 1.29 is 14.0 Å². The first-order valence-electron chi connectivity index (χ1n) is 4.02. The number of rotatable bonds is 1. The van der Waals surface area contributed by atoms with Gasteiger partial charge in [0.25, 0.3) is 0 Å². The van der Waals surface area contributed by atoms with Gasteiger partial charge < -0.3 is 14.0 Å². The van der Waals surface area contributed by atoms with Crippen molar-refractivity contribution in [3.05, 3.63) is 18.2 Å². The van der Waals surface area contributed by atoms with E-state index in [1.807, 2.05) is 18.2 Å². The lowest BCUT2D eigenvalue weighted by atomic mass is 10.3. The normalized spacial score (nSPS) is 25.1. The molecule has 0 bridgehead atoms. The Kier molecular flexibility index (Phi) is 1.85. The Hall–Kier alpha value is -0.950. The van der Waals surface area contributed by atoms with Gasteiger partial charge in [-0.05, 0) is 18.8 Å². The van der Waals surface area contributed by atoms with Crippen LogP contribution in [0.3, 0.4) is 0 Å². The molecule has 0 saturated carbocycles. The highest BCUT2D eigenvalue weighted by Gasteiger charge is 2.33. The summed E-state index contributed by atoms with van der Waals surface area (Å²) in [6.07, 6.45) is 0.294. The predicted molar refractivity (Wildman–Crippen MR) is 51.7 cm³/mol. The van der Waals surface area contributed by atoms with E-state index >= 15 is 0 Å². The van der Waals surface area contributed by atoms with Crippen molar-refractivity contribution >= 4 is 12.4 Å². The standard InChI is InChI=1S/C9H11O3P/c1-11-7-4-3-5-8-9(7)13(2,10)6-12-8/h3-5H,6H2,1-2H3. The lowest BCUT2D eigenvalue weighted by molar-refractivity contribution is 0.390. The smallest absolute Gasteiger partial charge is 0.155 e. The van der Waals surface area contributed by atoms with Crippen LogP contribution in [-0.2, 0) is 4.57 Å². The van der Waals surface area contributed by atoms with E-state index < -0.39 is 7.14 Å². The highest BCUT2D eigenvalue weighted by atomic mass is 31.2. The highest BCUT2D eigenvalue weighted by Crippen LogP contribution is 2.50. The molecule has 13 heavy (non-hydrogen) atoms. The van der Waals surface area contributed by atoms with Crippen molar-refractivity contribution in [2.24, 2.45) is 0 Å². The Bertz CT molecular complexity index is 386. The van der Waals surface area contributed by atoms with Crippen molar-refractivity contribution in [3.63, 3.8) is 0 Å². The van der Waals surface area contributed by atoms with Crippen LogP contribution in [0.15, 0.2) is 18.2 Å². The molecule has 3 nitrogen and oxygen atoms in total. The minimum absolute atomic E-state index is 0.294. The molecule has 0 N–H and O–H groups in total. The molecular formula is C9H11O3P. The Balaban J connectivity index is 2.66. The maximum absolute atomic E-state index is 12.0. The molecule has 0 amide bonds. The van der Waals surface area contributed by atoms with Crippen LogP contribution in [0.2, 0.25) is 0 Å². The summed E-state index contributed by atoms with van der Waals surface area (Å²) in [6, 6.07) is 5.47. The van der Waals surface area contributed by atoms with E-state index in [1.165, 1.54) is 0 Å². The third-order valence-electron chi connectivity index (χ3n) is 2.12. The van der Waals surface area contributed by atoms with Crippen LogP contribution in [0.4, 0.5) is 0 Å². The lowest BCUT2D eigenvalue weighted by Crippen LogP contribution is -2.04. The first kappa shape index (κ1) is 8.64. The molecule has 1 heterocycles. The molecular weight excluding hydrogens is 187 g/mol. The van der Waals surface area contributed by atoms with Crippen LogP contribution < -0.4 is 14.8 Å². The molecule has 0 saturated heterocycles. The average Bonchev–Trinajstić information content (AvgIpc) is 2.43. The fraction of sp³-hybridized carbons (Fsp3) is 0.333. The number of hydrogen-bond donors (Lipinski definition) is 0. The zero-order chi connectivity index (χ0) is 9.47. The van der Waals surface area contributed by atoms with Gasteiger partial charge in [-0.15, -0.1) is 0 Å². The summed E-state index contributed by atoms with van der Waals surface area (Å²) in [7, 11) is -0.757. The van der Waals surface area contributed by atoms with E-state index in [-0.39, 0.29) is 0 Å². The van der Waals surface area contributed by atoms with Gasteiger partial charge in [-0.3, -0.25) is 0 Å². The van der Waals surface area contributed by atoms with Crippen molar-refractivity contribution in [1.29, 1.82) is 0 Å². The zero-order valence-corrected chi connectivity index (χ0v) is 8.51. The van der Waals surface area contributed by atoms with Crippen LogP contribution in [0.1, 0.15) is 0 Å². The summed E-state index contributed by atoms with van der Waals surface area (Å²) in [4.78, 5) is 0. The molecule has 0 aromatic heterocycles. The molecule has 4 heteroatoms. The van der Waals surface area contributed by atoms with E-state index in [2.05, 4.69) is 0 Å². The Morgan fingerprint density at radius 3 is 3.00 bits per heavy atom. The van der Waals surface area contributed by atoms with Gasteiger partial charge >= 0.3 is 0 Å². The molecule has 1 aromatic rings. The van der Waals surface area contributed by atoms with Crippen LogP contribution >= 0.6 is 7.14 Å². The molecule has 0 aliphatic carbocycles. The van der Waals surface area contributed by atoms with Gasteiger partial charge in [0.05, 0.1) is 12.4 Å². The first-order valence-corrected chi connectivity index (χ1v) is 6.36. The Labute approximate surface area is 77.0 Å². The second kappa shape index (κ2) is 2.78. The van der Waals surface area contributed by atoms with Crippen LogP contribution in [0.25, 0.3) is 0 Å². The van der Waals surface area contributed by atoms with Crippen LogP contribution in [0.5, 0.6) is 11.5 Å². The maximum atomic E-state index is 12.0. The predicted octanol–water partition coefficient (Wildman–Crippen LogP) is 1.66. The molecule has 0 spiro atoms. The van der Waals surface area contributed by atoms with E-state index in [1.54, 1.807) is 13.8 Å². The summed E-state index contributed by atoms with van der Waals surface area (Å²) in [6.45, 7) is 1.72. The molecule has 1 unspecified atom stereocenters. The molecule has 1 aliphatic rings. The maximum Gasteiger partial charge on any atom is 0.155 e. The van der Waals surface area contributed by atoms with Crippen molar-refractivity contribution in [2.45, 2.75) is 0 Å². The molecule has 0 radical (unpaired) electrons. The lowest BCUT2D eigenvalue weighted by Gasteiger charge is -2.07. The van der Waals surface area contributed by atoms with Crippen molar-refractivity contribution in [2.75, 3.05) is 20.1 Å². The van der Waals surface area contributed by atoms with Gasteiger partial charge in [-0.25, -0.2) is 0 Å². The van der Waals surface area contributed by atoms with Crippen LogP contribution in [0, 0.1) is 0 Å². The summed E-state index contributed by atoms with van der Waals surface area (Å²) in [5.74, 6) is 1.37. The van der Waals surface area contributed by atoms with E-state index in [0.29, 0.717) is 17.8 Å². The third-order valence-corrected chi connectivity index (χ3v) is 4.13. The number of ether oxygens (including phenoxy) is 2. The molecule has 1 atom stereocenters. The van der Waals surface area contributed by atoms with Crippen molar-refractivity contribution in [1.82, 2.24) is 0 Å². The van der Waals surface area contributed by atoms with Gasteiger partial charge in [0.15, 0.2) is 7.14 Å². The fourth-order valence-electron chi connectivity index (χ4n) is 1.51. The van der Waals surface area contributed by atoms with E-state index in [9.17, 15) is 4.57 Å². The molecule has 2 rings (SSSR count). The van der Waals surface area contributed by atoms with Gasteiger partial charge in [-0.1, -0.05) is 6.07 Å². The fourth-order valence-corrected chi connectivity index (χ4v) is 3.26.